The van der Waals surface area contributed by atoms with Gasteiger partial charge in [-0.25, -0.2) is 13.8 Å². The number of alkyl halides is 2. The van der Waals surface area contributed by atoms with E-state index in [0.29, 0.717) is 56.4 Å². The second kappa shape index (κ2) is 9.25. The normalized spacial score (nSPS) is 27.5. The molecule has 1 aliphatic heterocycles. The van der Waals surface area contributed by atoms with Crippen molar-refractivity contribution in [1.29, 1.82) is 0 Å². The Morgan fingerprint density at radius 2 is 1.72 bits per heavy atom. The summed E-state index contributed by atoms with van der Waals surface area (Å²) in [5, 5.41) is 10.0. The summed E-state index contributed by atoms with van der Waals surface area (Å²) in [6.07, 6.45) is 1.43. The number of fused-ring (bicyclic) bond motifs is 1. The standard InChI is InChI=1S/C30H41F2N3O4/c1-27(2,3)20-13-21(18-7-9-30(31,32)10-8-18)33-22-14-23(39-24(20)22)26(37)35-12-11-34(17-28(35,4)5)25(36)19-15-29(6,38)16-19/h13-14,18-19,38H,7-12,15-17H2,1-6H3. The predicted octanol–water partition coefficient (Wildman–Crippen LogP) is 5.64. The van der Waals surface area contributed by atoms with Crippen molar-refractivity contribution < 1.29 is 27.9 Å². The molecule has 2 aliphatic carbocycles. The highest BCUT2D eigenvalue weighted by atomic mass is 19.3. The van der Waals surface area contributed by atoms with Crippen LogP contribution in [0.2, 0.25) is 0 Å². The minimum absolute atomic E-state index is 0.0393. The first-order chi connectivity index (χ1) is 18.0. The zero-order chi connectivity index (χ0) is 28.5. The molecule has 2 amide bonds. The molecule has 3 heterocycles. The molecule has 2 aromatic heterocycles. The fraction of sp³-hybridized carbons (Fsp3) is 0.700. The Morgan fingerprint density at radius 3 is 2.28 bits per heavy atom. The van der Waals surface area contributed by atoms with Crippen molar-refractivity contribution >= 4 is 22.9 Å². The number of rotatable bonds is 3. The molecule has 0 atom stereocenters. The number of amides is 2. The van der Waals surface area contributed by atoms with Crippen molar-refractivity contribution in [2.24, 2.45) is 5.92 Å². The molecule has 0 spiro atoms. The van der Waals surface area contributed by atoms with Crippen molar-refractivity contribution in [1.82, 2.24) is 14.8 Å². The summed E-state index contributed by atoms with van der Waals surface area (Å²) in [6, 6.07) is 3.65. The highest BCUT2D eigenvalue weighted by molar-refractivity contribution is 5.96. The van der Waals surface area contributed by atoms with Crippen molar-refractivity contribution in [2.75, 3.05) is 19.6 Å². The first-order valence-corrected chi connectivity index (χ1v) is 14.1. The Labute approximate surface area is 228 Å². The van der Waals surface area contributed by atoms with Crippen LogP contribution in [0.25, 0.3) is 11.1 Å². The molecule has 9 heteroatoms. The smallest absolute Gasteiger partial charge is 0.290 e. The Hall–Kier alpha value is -2.55. The molecule has 0 bridgehead atoms. The highest BCUT2D eigenvalue weighted by Gasteiger charge is 2.47. The molecule has 3 aliphatic rings. The number of furan rings is 1. The topological polar surface area (TPSA) is 86.9 Å². The van der Waals surface area contributed by atoms with Crippen LogP contribution in [0.5, 0.6) is 0 Å². The third-order valence-corrected chi connectivity index (χ3v) is 8.83. The van der Waals surface area contributed by atoms with E-state index in [1.165, 1.54) is 0 Å². The SMILES string of the molecule is CC1(O)CC(C(=O)N2CCN(C(=O)c3cc4nc(C5CCC(F)(F)CC5)cc(C(C)(C)C)c4o3)C(C)(C)C2)C1. The van der Waals surface area contributed by atoms with E-state index in [9.17, 15) is 23.5 Å². The molecule has 1 N–H and O–H groups in total. The molecule has 7 nitrogen and oxygen atoms in total. The van der Waals surface area contributed by atoms with E-state index in [1.807, 2.05) is 24.8 Å². The summed E-state index contributed by atoms with van der Waals surface area (Å²) in [4.78, 5) is 35.1. The van der Waals surface area contributed by atoms with Gasteiger partial charge in [-0.15, -0.1) is 0 Å². The lowest BCUT2D eigenvalue weighted by atomic mass is 9.71. The maximum atomic E-state index is 13.8. The van der Waals surface area contributed by atoms with Crippen molar-refractivity contribution in [3.8, 4) is 0 Å². The molecule has 3 fully saturated rings. The van der Waals surface area contributed by atoms with Crippen molar-refractivity contribution in [3.05, 3.63) is 29.2 Å². The van der Waals surface area contributed by atoms with Gasteiger partial charge >= 0.3 is 0 Å². The number of hydrogen-bond acceptors (Lipinski definition) is 5. The summed E-state index contributed by atoms with van der Waals surface area (Å²) < 4.78 is 33.8. The van der Waals surface area contributed by atoms with Crippen molar-refractivity contribution in [2.45, 2.75) is 108 Å². The van der Waals surface area contributed by atoms with Gasteiger partial charge in [-0.05, 0) is 57.9 Å². The Balaban J connectivity index is 1.38. The minimum Gasteiger partial charge on any atom is -0.449 e. The van der Waals surface area contributed by atoms with Crippen LogP contribution in [0.15, 0.2) is 16.5 Å². The van der Waals surface area contributed by atoms with Gasteiger partial charge in [0.25, 0.3) is 5.91 Å². The van der Waals surface area contributed by atoms with Crippen LogP contribution in [-0.4, -0.2) is 68.4 Å². The summed E-state index contributed by atoms with van der Waals surface area (Å²) in [6.45, 7) is 13.0. The van der Waals surface area contributed by atoms with Crippen LogP contribution in [0.3, 0.4) is 0 Å². The number of carbonyl (C=O) groups excluding carboxylic acids is 2. The summed E-state index contributed by atoms with van der Waals surface area (Å²) in [7, 11) is 0. The van der Waals surface area contributed by atoms with Gasteiger partial charge in [-0.3, -0.25) is 9.59 Å². The van der Waals surface area contributed by atoms with E-state index in [-0.39, 0.29) is 47.7 Å². The van der Waals surface area contributed by atoms with E-state index in [4.69, 9.17) is 9.40 Å². The number of piperazine rings is 1. The lowest BCUT2D eigenvalue weighted by Crippen LogP contribution is -2.63. The van der Waals surface area contributed by atoms with E-state index in [1.54, 1.807) is 17.9 Å². The van der Waals surface area contributed by atoms with Crippen molar-refractivity contribution in [3.63, 3.8) is 0 Å². The summed E-state index contributed by atoms with van der Waals surface area (Å²) >= 11 is 0. The fourth-order valence-corrected chi connectivity index (χ4v) is 6.54. The van der Waals surface area contributed by atoms with Crippen LogP contribution < -0.4 is 0 Å². The van der Waals surface area contributed by atoms with Gasteiger partial charge in [0.15, 0.2) is 11.3 Å². The van der Waals surface area contributed by atoms with E-state index in [0.717, 1.165) is 11.3 Å². The van der Waals surface area contributed by atoms with Crippen LogP contribution >= 0.6 is 0 Å². The number of nitrogens with zero attached hydrogens (tertiary/aromatic N) is 3. The first kappa shape index (κ1) is 28.0. The molecule has 0 aromatic carbocycles. The highest BCUT2D eigenvalue weighted by Crippen LogP contribution is 2.43. The van der Waals surface area contributed by atoms with Gasteiger partial charge in [0.05, 0.1) is 11.1 Å². The molecule has 0 unspecified atom stereocenters. The van der Waals surface area contributed by atoms with E-state index in [2.05, 4.69) is 20.8 Å². The maximum Gasteiger partial charge on any atom is 0.290 e. The monoisotopic (exact) mass is 545 g/mol. The lowest BCUT2D eigenvalue weighted by Gasteiger charge is -2.49. The minimum atomic E-state index is -2.61. The molecule has 5 rings (SSSR count). The summed E-state index contributed by atoms with van der Waals surface area (Å²) in [5.74, 6) is -2.85. The Bertz CT molecular complexity index is 1280. The van der Waals surface area contributed by atoms with E-state index < -0.39 is 17.1 Å². The maximum absolute atomic E-state index is 13.8. The van der Waals surface area contributed by atoms with Crippen LogP contribution in [0, 0.1) is 5.92 Å². The number of aliphatic hydroxyl groups is 1. The molecular formula is C30H41F2N3O4. The third-order valence-electron chi connectivity index (χ3n) is 8.83. The number of halogens is 2. The number of carbonyl (C=O) groups is 2. The van der Waals surface area contributed by atoms with Gasteiger partial charge < -0.3 is 19.3 Å². The van der Waals surface area contributed by atoms with Crippen LogP contribution in [-0.2, 0) is 10.2 Å². The molecule has 2 aromatic rings. The zero-order valence-corrected chi connectivity index (χ0v) is 23.9. The Morgan fingerprint density at radius 1 is 1.08 bits per heavy atom. The van der Waals surface area contributed by atoms with E-state index >= 15 is 0 Å². The van der Waals surface area contributed by atoms with Gasteiger partial charge in [0.1, 0.15) is 5.52 Å². The zero-order valence-electron chi connectivity index (χ0n) is 23.9. The average Bonchev–Trinajstić information content (AvgIpc) is 3.24. The largest absolute Gasteiger partial charge is 0.449 e. The average molecular weight is 546 g/mol. The van der Waals surface area contributed by atoms with Crippen LogP contribution in [0.1, 0.15) is 108 Å². The van der Waals surface area contributed by atoms with Gasteiger partial charge in [-0.1, -0.05) is 20.8 Å². The first-order valence-electron chi connectivity index (χ1n) is 14.1. The fourth-order valence-electron chi connectivity index (χ4n) is 6.54. The lowest BCUT2D eigenvalue weighted by molar-refractivity contribution is -0.153. The quantitative estimate of drug-likeness (QED) is 0.539. The third kappa shape index (κ3) is 5.43. The molecule has 39 heavy (non-hydrogen) atoms. The second-order valence-electron chi connectivity index (χ2n) is 13.9. The second-order valence-corrected chi connectivity index (χ2v) is 13.9. The molecule has 0 radical (unpaired) electrons. The Kier molecular flexibility index (Phi) is 6.64. The number of aromatic nitrogens is 1. The van der Waals surface area contributed by atoms with Crippen LogP contribution in [0.4, 0.5) is 8.78 Å². The number of pyridine rings is 1. The molecular weight excluding hydrogens is 504 g/mol. The van der Waals surface area contributed by atoms with Gasteiger partial charge in [0, 0.05) is 61.6 Å². The molecule has 1 saturated heterocycles. The number of hydrogen-bond donors (Lipinski definition) is 1. The van der Waals surface area contributed by atoms with Gasteiger partial charge in [0.2, 0.25) is 11.8 Å². The molecule has 214 valence electrons. The van der Waals surface area contributed by atoms with Gasteiger partial charge in [-0.2, -0.15) is 0 Å². The molecule has 2 saturated carbocycles. The summed E-state index contributed by atoms with van der Waals surface area (Å²) in [5.41, 5.74) is 1.13. The predicted molar refractivity (Wildman–Crippen MR) is 144 cm³/mol.